The number of aryl methyl sites for hydroxylation is 2. The van der Waals surface area contributed by atoms with Crippen molar-refractivity contribution in [2.45, 2.75) is 34.6 Å². The molecule has 0 bridgehead atoms. The van der Waals surface area contributed by atoms with E-state index in [0.29, 0.717) is 0 Å². The highest BCUT2D eigenvalue weighted by atomic mass is 13.9. The van der Waals surface area contributed by atoms with Crippen molar-refractivity contribution in [1.29, 1.82) is 0 Å². The number of hydrogen-bond acceptors (Lipinski definition) is 0. The van der Waals surface area contributed by atoms with Crippen molar-refractivity contribution < 1.29 is 0 Å². The van der Waals surface area contributed by atoms with Crippen LogP contribution in [0.15, 0.2) is 55.1 Å². The van der Waals surface area contributed by atoms with Crippen LogP contribution in [0.4, 0.5) is 0 Å². The van der Waals surface area contributed by atoms with Crippen LogP contribution in [0.5, 0.6) is 0 Å². The summed E-state index contributed by atoms with van der Waals surface area (Å²) in [5.74, 6) is 4.80. The van der Waals surface area contributed by atoms with Gasteiger partial charge in [0.05, 0.1) is 0 Å². The van der Waals surface area contributed by atoms with E-state index < -0.39 is 0 Å². The summed E-state index contributed by atoms with van der Waals surface area (Å²) in [6.07, 6.45) is 11.6. The molecular formula is C23H28. The molecule has 0 atom stereocenters. The maximum Gasteiger partial charge on any atom is 0.0242 e. The van der Waals surface area contributed by atoms with Crippen molar-refractivity contribution in [3.8, 4) is 24.7 Å². The zero-order chi connectivity index (χ0) is 18.1. The molecule has 0 heteroatoms. The van der Waals surface area contributed by atoms with Gasteiger partial charge in [-0.05, 0) is 38.5 Å². The Morgan fingerprint density at radius 2 is 1.17 bits per heavy atom. The van der Waals surface area contributed by atoms with Crippen LogP contribution in [-0.4, -0.2) is 0 Å². The summed E-state index contributed by atoms with van der Waals surface area (Å²) in [5, 5.41) is 0. The number of hydrogen-bond donors (Lipinski definition) is 0. The van der Waals surface area contributed by atoms with Crippen LogP contribution >= 0.6 is 0 Å². The third-order valence-electron chi connectivity index (χ3n) is 2.53. The SMILES string of the molecule is C#CC.C#Cc1ccc(C)cc1.C=Cc1ccc(C)cc1.CC. The molecule has 0 aliphatic rings. The van der Waals surface area contributed by atoms with Gasteiger partial charge >= 0.3 is 0 Å². The van der Waals surface area contributed by atoms with E-state index >= 15 is 0 Å². The van der Waals surface area contributed by atoms with Gasteiger partial charge < -0.3 is 0 Å². The van der Waals surface area contributed by atoms with Crippen molar-refractivity contribution in [3.05, 3.63) is 77.4 Å². The van der Waals surface area contributed by atoms with Crippen molar-refractivity contribution in [1.82, 2.24) is 0 Å². The summed E-state index contributed by atoms with van der Waals surface area (Å²) in [7, 11) is 0. The Morgan fingerprint density at radius 1 is 0.826 bits per heavy atom. The maximum absolute atomic E-state index is 5.15. The third-order valence-corrected chi connectivity index (χ3v) is 2.53. The van der Waals surface area contributed by atoms with Crippen molar-refractivity contribution in [2.24, 2.45) is 0 Å². The van der Waals surface area contributed by atoms with Gasteiger partial charge in [-0.2, -0.15) is 0 Å². The Hall–Kier alpha value is -2.70. The Kier molecular flexibility index (Phi) is 15.4. The van der Waals surface area contributed by atoms with E-state index in [1.165, 1.54) is 16.7 Å². The fraction of sp³-hybridized carbons (Fsp3) is 0.217. The number of rotatable bonds is 1. The molecule has 0 radical (unpaired) electrons. The van der Waals surface area contributed by atoms with Crippen molar-refractivity contribution in [2.75, 3.05) is 0 Å². The lowest BCUT2D eigenvalue weighted by Crippen LogP contribution is -1.72. The second-order valence-electron chi connectivity index (χ2n) is 4.41. The van der Waals surface area contributed by atoms with Crippen LogP contribution in [0.3, 0.4) is 0 Å². The summed E-state index contributed by atoms with van der Waals surface area (Å²) < 4.78 is 0. The van der Waals surface area contributed by atoms with Gasteiger partial charge in [-0.3, -0.25) is 0 Å². The second kappa shape index (κ2) is 15.7. The summed E-state index contributed by atoms with van der Waals surface area (Å²) in [4.78, 5) is 0. The first-order chi connectivity index (χ1) is 11.1. The highest BCUT2D eigenvalue weighted by molar-refractivity contribution is 5.46. The molecule has 0 fully saturated rings. The van der Waals surface area contributed by atoms with E-state index in [1.54, 1.807) is 6.92 Å². The molecule has 0 saturated heterocycles. The minimum Gasteiger partial charge on any atom is -0.120 e. The largest absolute Gasteiger partial charge is 0.120 e. The smallest absolute Gasteiger partial charge is 0.0242 e. The van der Waals surface area contributed by atoms with Crippen molar-refractivity contribution in [3.63, 3.8) is 0 Å². The maximum atomic E-state index is 5.15. The molecule has 0 saturated carbocycles. The molecule has 2 aromatic rings. The zero-order valence-corrected chi connectivity index (χ0v) is 15.1. The van der Waals surface area contributed by atoms with Gasteiger partial charge in [0.25, 0.3) is 0 Å². The molecule has 0 amide bonds. The number of terminal acetylenes is 2. The summed E-state index contributed by atoms with van der Waals surface area (Å²) in [6.45, 7) is 13.4. The van der Waals surface area contributed by atoms with Gasteiger partial charge in [0, 0.05) is 5.56 Å². The molecule has 0 spiro atoms. The Bertz CT molecular complexity index is 599. The molecule has 0 aliphatic heterocycles. The molecule has 23 heavy (non-hydrogen) atoms. The first kappa shape index (κ1) is 22.6. The van der Waals surface area contributed by atoms with Gasteiger partial charge in [0.15, 0.2) is 0 Å². The summed E-state index contributed by atoms with van der Waals surface area (Å²) in [6, 6.07) is 16.2. The minimum atomic E-state index is 0.945. The normalized spacial score (nSPS) is 7.43. The zero-order valence-electron chi connectivity index (χ0n) is 15.1. The molecule has 0 aromatic heterocycles. The quantitative estimate of drug-likeness (QED) is 0.544. The highest BCUT2D eigenvalue weighted by Gasteiger charge is 1.83. The van der Waals surface area contributed by atoms with Crippen LogP contribution in [0.2, 0.25) is 0 Å². The van der Waals surface area contributed by atoms with Crippen LogP contribution in [0.1, 0.15) is 43.0 Å². The lowest BCUT2D eigenvalue weighted by atomic mass is 10.2. The molecule has 0 N–H and O–H groups in total. The fourth-order valence-electron chi connectivity index (χ4n) is 1.35. The summed E-state index contributed by atoms with van der Waals surface area (Å²) in [5.41, 5.74) is 4.66. The lowest BCUT2D eigenvalue weighted by Gasteiger charge is -1.91. The Balaban J connectivity index is 0. The standard InChI is InChI=1S/C9H10.C9H8.C3H4.C2H6/c2*1-3-9-6-4-8(2)5-7-9;1-3-2;1-2/h3-7H,1H2,2H3;1,4-7H,2H3;1H,2H3;1-2H3. The second-order valence-corrected chi connectivity index (χ2v) is 4.41. The fourth-order valence-corrected chi connectivity index (χ4v) is 1.35. The molecular weight excluding hydrogens is 276 g/mol. The predicted molar refractivity (Wildman–Crippen MR) is 106 cm³/mol. The van der Waals surface area contributed by atoms with Crippen molar-refractivity contribution >= 4 is 6.08 Å². The van der Waals surface area contributed by atoms with Gasteiger partial charge in [-0.15, -0.1) is 18.8 Å². The molecule has 0 nitrogen and oxygen atoms in total. The third kappa shape index (κ3) is 12.7. The molecule has 0 heterocycles. The molecule has 2 aromatic carbocycles. The predicted octanol–water partition coefficient (Wildman–Crippen LogP) is 6.28. The van der Waals surface area contributed by atoms with Gasteiger partial charge in [0.2, 0.25) is 0 Å². The molecule has 120 valence electrons. The minimum absolute atomic E-state index is 0.945. The van der Waals surface area contributed by atoms with Gasteiger partial charge in [-0.1, -0.05) is 79.9 Å². The van der Waals surface area contributed by atoms with Gasteiger partial charge in [0.1, 0.15) is 0 Å². The lowest BCUT2D eigenvalue weighted by molar-refractivity contribution is 1.46. The van der Waals surface area contributed by atoms with E-state index in [2.05, 4.69) is 56.0 Å². The summed E-state index contributed by atoms with van der Waals surface area (Å²) >= 11 is 0. The van der Waals surface area contributed by atoms with E-state index in [1.807, 2.05) is 51.1 Å². The van der Waals surface area contributed by atoms with E-state index in [0.717, 1.165) is 5.56 Å². The van der Waals surface area contributed by atoms with Crippen LogP contribution in [0.25, 0.3) is 6.08 Å². The Morgan fingerprint density at radius 3 is 1.48 bits per heavy atom. The average molecular weight is 304 g/mol. The van der Waals surface area contributed by atoms with E-state index in [9.17, 15) is 0 Å². The first-order valence-corrected chi connectivity index (χ1v) is 7.67. The number of benzene rings is 2. The molecule has 0 unspecified atom stereocenters. The monoisotopic (exact) mass is 304 g/mol. The van der Waals surface area contributed by atoms with E-state index in [-0.39, 0.29) is 0 Å². The highest BCUT2D eigenvalue weighted by Crippen LogP contribution is 2.02. The van der Waals surface area contributed by atoms with E-state index in [4.69, 9.17) is 6.42 Å². The van der Waals surface area contributed by atoms with Crippen LogP contribution in [-0.2, 0) is 0 Å². The topological polar surface area (TPSA) is 0 Å². The van der Waals surface area contributed by atoms with Gasteiger partial charge in [-0.25, -0.2) is 0 Å². The van der Waals surface area contributed by atoms with Crippen LogP contribution in [0, 0.1) is 38.5 Å². The average Bonchev–Trinajstić information content (AvgIpc) is 2.59. The Labute approximate surface area is 143 Å². The first-order valence-electron chi connectivity index (χ1n) is 7.67. The molecule has 0 aliphatic carbocycles. The molecule has 2 rings (SSSR count). The van der Waals surface area contributed by atoms with Crippen LogP contribution < -0.4 is 0 Å².